The number of hydrogen-bond acceptors (Lipinski definition) is 2. The summed E-state index contributed by atoms with van der Waals surface area (Å²) in [5.74, 6) is -0.133. The molecule has 3 heteroatoms. The lowest BCUT2D eigenvalue weighted by molar-refractivity contribution is 0.0761. The molecule has 2 rings (SSSR count). The number of nitrogens with one attached hydrogen (secondary N) is 1. The molecule has 92 valence electrons. The molecule has 0 unspecified atom stereocenters. The number of aryl methyl sites for hydroxylation is 1. The fourth-order valence-corrected chi connectivity index (χ4v) is 2.41. The fraction of sp³-hybridized carbons (Fsp3) is 0.500. The van der Waals surface area contributed by atoms with Crippen molar-refractivity contribution in [2.45, 2.75) is 26.7 Å². The van der Waals surface area contributed by atoms with Crippen molar-refractivity contribution in [3.63, 3.8) is 0 Å². The van der Waals surface area contributed by atoms with Crippen molar-refractivity contribution in [1.82, 2.24) is 5.32 Å². The van der Waals surface area contributed by atoms with Crippen LogP contribution in [0.2, 0.25) is 0 Å². The van der Waals surface area contributed by atoms with Crippen LogP contribution >= 0.6 is 0 Å². The minimum absolute atomic E-state index is 0.150. The Balaban J connectivity index is 2.30. The number of halogens is 1. The van der Waals surface area contributed by atoms with Crippen molar-refractivity contribution in [3.8, 4) is 0 Å². The third-order valence-corrected chi connectivity index (χ3v) is 3.69. The quantitative estimate of drug-likeness (QED) is 0.798. The van der Waals surface area contributed by atoms with Crippen molar-refractivity contribution in [1.29, 1.82) is 0 Å². The van der Waals surface area contributed by atoms with Crippen molar-refractivity contribution in [2.75, 3.05) is 13.1 Å². The first-order valence-corrected chi connectivity index (χ1v) is 6.05. The van der Waals surface area contributed by atoms with Gasteiger partial charge in [-0.3, -0.25) is 4.79 Å². The molecule has 1 aromatic rings. The van der Waals surface area contributed by atoms with E-state index in [1.54, 1.807) is 13.0 Å². The van der Waals surface area contributed by atoms with Crippen LogP contribution < -0.4 is 5.32 Å². The third kappa shape index (κ3) is 2.39. The third-order valence-electron chi connectivity index (χ3n) is 3.69. The van der Waals surface area contributed by atoms with Gasteiger partial charge in [0, 0.05) is 11.0 Å². The Morgan fingerprint density at radius 1 is 1.35 bits per heavy atom. The van der Waals surface area contributed by atoms with Crippen LogP contribution in [-0.4, -0.2) is 18.9 Å². The molecule has 2 nitrogen and oxygen atoms in total. The first-order chi connectivity index (χ1) is 8.03. The van der Waals surface area contributed by atoms with E-state index in [2.05, 4.69) is 5.32 Å². The van der Waals surface area contributed by atoms with Gasteiger partial charge in [0.15, 0.2) is 5.78 Å². The monoisotopic (exact) mass is 235 g/mol. The Morgan fingerprint density at radius 2 is 2.00 bits per heavy atom. The molecule has 0 spiro atoms. The second-order valence-corrected chi connectivity index (χ2v) is 5.10. The molecule has 0 aliphatic carbocycles. The first kappa shape index (κ1) is 12.2. The van der Waals surface area contributed by atoms with Crippen LogP contribution in [0.25, 0.3) is 0 Å². The number of rotatable bonds is 2. The molecular formula is C14H18FNO. The van der Waals surface area contributed by atoms with Gasteiger partial charge < -0.3 is 5.32 Å². The molecule has 17 heavy (non-hydrogen) atoms. The van der Waals surface area contributed by atoms with Crippen LogP contribution in [-0.2, 0) is 0 Å². The van der Waals surface area contributed by atoms with Gasteiger partial charge in [0.05, 0.1) is 0 Å². The average molecular weight is 235 g/mol. The van der Waals surface area contributed by atoms with Gasteiger partial charge in [-0.15, -0.1) is 0 Å². The number of hydrogen-bond donors (Lipinski definition) is 1. The van der Waals surface area contributed by atoms with Gasteiger partial charge in [0.25, 0.3) is 0 Å². The van der Waals surface area contributed by atoms with Crippen LogP contribution in [0.5, 0.6) is 0 Å². The fourth-order valence-electron chi connectivity index (χ4n) is 2.41. The molecule has 0 saturated carbocycles. The van der Waals surface area contributed by atoms with Gasteiger partial charge >= 0.3 is 0 Å². The molecule has 1 aromatic carbocycles. The highest BCUT2D eigenvalue weighted by molar-refractivity contribution is 6.01. The van der Waals surface area contributed by atoms with E-state index in [0.29, 0.717) is 5.56 Å². The van der Waals surface area contributed by atoms with Crippen LogP contribution in [0.1, 0.15) is 35.7 Å². The number of Topliss-reactive ketones (excluding diaryl/α,β-unsaturated/α-hetero) is 1. The van der Waals surface area contributed by atoms with Crippen molar-refractivity contribution in [3.05, 3.63) is 35.1 Å². The average Bonchev–Trinajstić information content (AvgIpc) is 2.29. The van der Waals surface area contributed by atoms with Gasteiger partial charge in [0.1, 0.15) is 5.82 Å². The molecule has 1 aliphatic heterocycles. The van der Waals surface area contributed by atoms with E-state index >= 15 is 0 Å². The standard InChI is InChI=1S/C14H18FNO/c1-10-9-11(15)3-4-12(10)13(17)14(2)5-7-16-8-6-14/h3-4,9,16H,5-8H2,1-2H3. The van der Waals surface area contributed by atoms with E-state index < -0.39 is 0 Å². The largest absolute Gasteiger partial charge is 0.317 e. The van der Waals surface area contributed by atoms with E-state index in [4.69, 9.17) is 0 Å². The van der Waals surface area contributed by atoms with Crippen molar-refractivity contribution in [2.24, 2.45) is 5.41 Å². The summed E-state index contributed by atoms with van der Waals surface area (Å²) >= 11 is 0. The summed E-state index contributed by atoms with van der Waals surface area (Å²) in [6.07, 6.45) is 1.70. The van der Waals surface area contributed by atoms with Gasteiger partial charge in [-0.25, -0.2) is 4.39 Å². The zero-order valence-electron chi connectivity index (χ0n) is 10.3. The van der Waals surface area contributed by atoms with Crippen molar-refractivity contribution < 1.29 is 9.18 Å². The highest BCUT2D eigenvalue weighted by atomic mass is 19.1. The molecule has 0 aromatic heterocycles. The van der Waals surface area contributed by atoms with E-state index in [9.17, 15) is 9.18 Å². The predicted molar refractivity (Wildman–Crippen MR) is 65.7 cm³/mol. The summed E-state index contributed by atoms with van der Waals surface area (Å²) in [5, 5.41) is 3.26. The molecule has 0 atom stereocenters. The summed E-state index contributed by atoms with van der Waals surface area (Å²) in [6.45, 7) is 5.56. The molecule has 1 saturated heterocycles. The minimum Gasteiger partial charge on any atom is -0.317 e. The lowest BCUT2D eigenvalue weighted by Crippen LogP contribution is -2.40. The van der Waals surface area contributed by atoms with Crippen LogP contribution in [0.15, 0.2) is 18.2 Å². The van der Waals surface area contributed by atoms with E-state index in [0.717, 1.165) is 31.5 Å². The number of benzene rings is 1. The van der Waals surface area contributed by atoms with E-state index in [-0.39, 0.29) is 17.0 Å². The minimum atomic E-state index is -0.298. The van der Waals surface area contributed by atoms with E-state index in [1.165, 1.54) is 12.1 Å². The molecule has 1 N–H and O–H groups in total. The summed E-state index contributed by atoms with van der Waals surface area (Å²) in [7, 11) is 0. The van der Waals surface area contributed by atoms with Crippen molar-refractivity contribution >= 4 is 5.78 Å². The first-order valence-electron chi connectivity index (χ1n) is 6.05. The maximum absolute atomic E-state index is 13.0. The molecule has 0 amide bonds. The Morgan fingerprint density at radius 3 is 2.59 bits per heavy atom. The number of carbonyl (C=O) groups excluding carboxylic acids is 1. The molecular weight excluding hydrogens is 217 g/mol. The summed E-state index contributed by atoms with van der Waals surface area (Å²) in [6, 6.07) is 4.41. The molecule has 1 fully saturated rings. The second kappa shape index (κ2) is 4.57. The normalized spacial score (nSPS) is 19.0. The number of ketones is 1. The van der Waals surface area contributed by atoms with E-state index in [1.807, 2.05) is 6.92 Å². The second-order valence-electron chi connectivity index (χ2n) is 5.10. The Labute approximate surface area is 101 Å². The maximum atomic E-state index is 13.0. The van der Waals surface area contributed by atoms with Crippen LogP contribution in [0.3, 0.4) is 0 Å². The highest BCUT2D eigenvalue weighted by Crippen LogP contribution is 2.33. The maximum Gasteiger partial charge on any atom is 0.169 e. The molecule has 1 aliphatic rings. The number of piperidine rings is 1. The summed E-state index contributed by atoms with van der Waals surface area (Å²) in [4.78, 5) is 12.5. The van der Waals surface area contributed by atoms with Gasteiger partial charge in [-0.05, 0) is 56.6 Å². The predicted octanol–water partition coefficient (Wildman–Crippen LogP) is 2.71. The van der Waals surface area contributed by atoms with Crippen LogP contribution in [0.4, 0.5) is 4.39 Å². The number of carbonyl (C=O) groups is 1. The zero-order chi connectivity index (χ0) is 12.5. The topological polar surface area (TPSA) is 29.1 Å². The lowest BCUT2D eigenvalue weighted by atomic mass is 9.74. The SMILES string of the molecule is Cc1cc(F)ccc1C(=O)C1(C)CCNCC1. The smallest absolute Gasteiger partial charge is 0.169 e. The highest BCUT2D eigenvalue weighted by Gasteiger charge is 2.35. The van der Waals surface area contributed by atoms with Gasteiger partial charge in [-0.1, -0.05) is 6.92 Å². The summed E-state index contributed by atoms with van der Waals surface area (Å²) < 4.78 is 13.0. The van der Waals surface area contributed by atoms with Gasteiger partial charge in [-0.2, -0.15) is 0 Å². The lowest BCUT2D eigenvalue weighted by Gasteiger charge is -2.33. The molecule has 0 radical (unpaired) electrons. The molecule has 0 bridgehead atoms. The Bertz CT molecular complexity index is 436. The van der Waals surface area contributed by atoms with Crippen LogP contribution in [0, 0.1) is 18.2 Å². The Kier molecular flexibility index (Phi) is 3.29. The summed E-state index contributed by atoms with van der Waals surface area (Å²) in [5.41, 5.74) is 1.10. The van der Waals surface area contributed by atoms with Gasteiger partial charge in [0.2, 0.25) is 0 Å². The molecule has 1 heterocycles. The Hall–Kier alpha value is -1.22. The zero-order valence-corrected chi connectivity index (χ0v) is 10.3.